The van der Waals surface area contributed by atoms with Gasteiger partial charge in [0.2, 0.25) is 0 Å². The third-order valence-electron chi connectivity index (χ3n) is 2.95. The quantitative estimate of drug-likeness (QED) is 0.750. The number of carbonyl (C=O) groups is 1. The predicted octanol–water partition coefficient (Wildman–Crippen LogP) is 1.15. The molecule has 0 aromatic heterocycles. The fraction of sp³-hybridized carbons (Fsp3) is 0.500. The zero-order chi connectivity index (χ0) is 14.3. The molecule has 5 nitrogen and oxygen atoms in total. The number of carbonyl (C=O) groups excluding carboxylic acids is 1. The van der Waals surface area contributed by atoms with Crippen molar-refractivity contribution >= 4 is 5.97 Å². The Labute approximate surface area is 114 Å². The van der Waals surface area contributed by atoms with Gasteiger partial charge in [-0.2, -0.15) is 0 Å². The van der Waals surface area contributed by atoms with Crippen LogP contribution >= 0.6 is 0 Å². The largest absolute Gasteiger partial charge is 0.496 e. The van der Waals surface area contributed by atoms with E-state index in [2.05, 4.69) is 9.64 Å². The van der Waals surface area contributed by atoms with Crippen LogP contribution in [-0.2, 0) is 22.6 Å². The second kappa shape index (κ2) is 7.76. The molecule has 1 aromatic rings. The number of hydrogen-bond acceptors (Lipinski definition) is 5. The summed E-state index contributed by atoms with van der Waals surface area (Å²) in [6.07, 6.45) is 0.381. The van der Waals surface area contributed by atoms with Crippen molar-refractivity contribution in [3.63, 3.8) is 0 Å². The monoisotopic (exact) mass is 266 g/mol. The van der Waals surface area contributed by atoms with Crippen LogP contribution < -0.4 is 10.5 Å². The summed E-state index contributed by atoms with van der Waals surface area (Å²) in [7, 11) is 5.00. The molecule has 0 aliphatic rings. The van der Waals surface area contributed by atoms with Crippen LogP contribution in [0.1, 0.15) is 17.5 Å². The highest BCUT2D eigenvalue weighted by atomic mass is 16.5. The molecule has 0 aliphatic heterocycles. The maximum Gasteiger partial charge on any atom is 0.306 e. The van der Waals surface area contributed by atoms with Gasteiger partial charge in [0, 0.05) is 25.2 Å². The van der Waals surface area contributed by atoms with Crippen molar-refractivity contribution in [1.82, 2.24) is 4.90 Å². The Morgan fingerprint density at radius 2 is 2.11 bits per heavy atom. The summed E-state index contributed by atoms with van der Waals surface area (Å²) in [6.45, 7) is 1.85. The number of nitrogens with zero attached hydrogens (tertiary/aromatic N) is 1. The first-order valence-corrected chi connectivity index (χ1v) is 6.22. The summed E-state index contributed by atoms with van der Waals surface area (Å²) in [5, 5.41) is 0. The van der Waals surface area contributed by atoms with Crippen LogP contribution in [0, 0.1) is 0 Å². The lowest BCUT2D eigenvalue weighted by Crippen LogP contribution is -2.22. The van der Waals surface area contributed by atoms with E-state index < -0.39 is 0 Å². The summed E-state index contributed by atoms with van der Waals surface area (Å²) in [5.74, 6) is 0.636. The van der Waals surface area contributed by atoms with Crippen molar-refractivity contribution < 1.29 is 14.3 Å². The predicted molar refractivity (Wildman–Crippen MR) is 73.9 cm³/mol. The van der Waals surface area contributed by atoms with Gasteiger partial charge in [-0.15, -0.1) is 0 Å². The van der Waals surface area contributed by atoms with Gasteiger partial charge in [-0.25, -0.2) is 0 Å². The van der Waals surface area contributed by atoms with Gasteiger partial charge in [-0.1, -0.05) is 6.07 Å². The van der Waals surface area contributed by atoms with Crippen molar-refractivity contribution in [1.29, 1.82) is 0 Å². The van der Waals surface area contributed by atoms with Gasteiger partial charge in [0.1, 0.15) is 5.75 Å². The number of ether oxygens (including phenoxy) is 2. The minimum atomic E-state index is -0.200. The van der Waals surface area contributed by atoms with E-state index in [0.29, 0.717) is 26.1 Å². The van der Waals surface area contributed by atoms with E-state index in [1.807, 2.05) is 25.2 Å². The van der Waals surface area contributed by atoms with E-state index in [4.69, 9.17) is 10.5 Å². The fourth-order valence-electron chi connectivity index (χ4n) is 1.84. The van der Waals surface area contributed by atoms with Gasteiger partial charge >= 0.3 is 5.97 Å². The number of hydrogen-bond donors (Lipinski definition) is 1. The molecule has 2 N–H and O–H groups in total. The van der Waals surface area contributed by atoms with E-state index in [1.165, 1.54) is 7.11 Å². The Bertz CT molecular complexity index is 421. The van der Waals surface area contributed by atoms with E-state index in [0.717, 1.165) is 16.9 Å². The average Bonchev–Trinajstić information content (AvgIpc) is 2.44. The number of nitrogens with two attached hydrogens (primary N) is 1. The highest BCUT2D eigenvalue weighted by Gasteiger charge is 2.09. The Morgan fingerprint density at radius 3 is 2.68 bits per heavy atom. The summed E-state index contributed by atoms with van der Waals surface area (Å²) in [5.41, 5.74) is 7.78. The lowest BCUT2D eigenvalue weighted by molar-refractivity contribution is -0.140. The molecule has 0 fully saturated rings. The van der Waals surface area contributed by atoms with Crippen LogP contribution in [0.4, 0.5) is 0 Å². The standard InChI is InChI=1S/C14H22N2O3/c1-16(7-6-14(17)19-3)10-12-8-11(9-15)4-5-13(12)18-2/h4-5,8H,6-7,9-10,15H2,1-3H3. The first-order chi connectivity index (χ1) is 9.10. The Hall–Kier alpha value is -1.59. The minimum Gasteiger partial charge on any atom is -0.496 e. The van der Waals surface area contributed by atoms with Gasteiger partial charge in [-0.05, 0) is 24.7 Å². The molecule has 5 heteroatoms. The molecule has 1 rings (SSSR count). The van der Waals surface area contributed by atoms with E-state index in [1.54, 1.807) is 7.11 Å². The molecule has 0 amide bonds. The van der Waals surface area contributed by atoms with Crippen LogP contribution in [0.25, 0.3) is 0 Å². The first kappa shape index (κ1) is 15.5. The van der Waals surface area contributed by atoms with Crippen LogP contribution in [-0.4, -0.2) is 38.7 Å². The summed E-state index contributed by atoms with van der Waals surface area (Å²) < 4.78 is 9.96. The normalized spacial score (nSPS) is 10.6. The van der Waals surface area contributed by atoms with Gasteiger partial charge in [-0.3, -0.25) is 4.79 Å². The molecule has 0 aliphatic carbocycles. The maximum absolute atomic E-state index is 11.1. The average molecular weight is 266 g/mol. The highest BCUT2D eigenvalue weighted by Crippen LogP contribution is 2.21. The maximum atomic E-state index is 11.1. The molecule has 0 heterocycles. The lowest BCUT2D eigenvalue weighted by atomic mass is 10.1. The van der Waals surface area contributed by atoms with Gasteiger partial charge in [0.15, 0.2) is 0 Å². The third-order valence-corrected chi connectivity index (χ3v) is 2.95. The van der Waals surface area contributed by atoms with E-state index >= 15 is 0 Å². The van der Waals surface area contributed by atoms with Crippen molar-refractivity contribution in [2.75, 3.05) is 27.8 Å². The van der Waals surface area contributed by atoms with Crippen molar-refractivity contribution in [2.45, 2.75) is 19.5 Å². The number of methoxy groups -OCH3 is 2. The van der Waals surface area contributed by atoms with Crippen LogP contribution in [0.3, 0.4) is 0 Å². The van der Waals surface area contributed by atoms with E-state index in [-0.39, 0.29) is 5.97 Å². The van der Waals surface area contributed by atoms with E-state index in [9.17, 15) is 4.79 Å². The molecule has 0 saturated heterocycles. The second-order valence-electron chi connectivity index (χ2n) is 4.41. The SMILES string of the molecule is COC(=O)CCN(C)Cc1cc(CN)ccc1OC. The molecular formula is C14H22N2O3. The molecule has 0 unspecified atom stereocenters. The van der Waals surface area contributed by atoms with Gasteiger partial charge in [0.25, 0.3) is 0 Å². The van der Waals surface area contributed by atoms with Gasteiger partial charge in [0.05, 0.1) is 20.6 Å². The van der Waals surface area contributed by atoms with Crippen molar-refractivity contribution in [3.05, 3.63) is 29.3 Å². The zero-order valence-corrected chi connectivity index (χ0v) is 11.8. The molecule has 0 saturated carbocycles. The van der Waals surface area contributed by atoms with Crippen LogP contribution in [0.2, 0.25) is 0 Å². The van der Waals surface area contributed by atoms with Crippen molar-refractivity contribution in [2.24, 2.45) is 5.73 Å². The smallest absolute Gasteiger partial charge is 0.306 e. The molecule has 0 spiro atoms. The topological polar surface area (TPSA) is 64.8 Å². The van der Waals surface area contributed by atoms with Crippen LogP contribution in [0.15, 0.2) is 18.2 Å². The molecule has 1 aromatic carbocycles. The van der Waals surface area contributed by atoms with Crippen molar-refractivity contribution in [3.8, 4) is 5.75 Å². The van der Waals surface area contributed by atoms with Gasteiger partial charge < -0.3 is 20.1 Å². The fourth-order valence-corrected chi connectivity index (χ4v) is 1.84. The molecule has 19 heavy (non-hydrogen) atoms. The number of rotatable bonds is 7. The first-order valence-electron chi connectivity index (χ1n) is 6.22. The number of esters is 1. The second-order valence-corrected chi connectivity index (χ2v) is 4.41. The highest BCUT2D eigenvalue weighted by molar-refractivity contribution is 5.69. The summed E-state index contributed by atoms with van der Waals surface area (Å²) >= 11 is 0. The molecular weight excluding hydrogens is 244 g/mol. The summed E-state index contributed by atoms with van der Waals surface area (Å²) in [4.78, 5) is 13.2. The molecule has 0 radical (unpaired) electrons. The zero-order valence-electron chi connectivity index (χ0n) is 11.8. The molecule has 0 atom stereocenters. The Kier molecular flexibility index (Phi) is 6.32. The number of benzene rings is 1. The Morgan fingerprint density at radius 1 is 1.37 bits per heavy atom. The lowest BCUT2D eigenvalue weighted by Gasteiger charge is -2.18. The molecule has 0 bridgehead atoms. The molecule has 106 valence electrons. The minimum absolute atomic E-state index is 0.200. The van der Waals surface area contributed by atoms with Crippen LogP contribution in [0.5, 0.6) is 5.75 Å². The Balaban J connectivity index is 2.66. The summed E-state index contributed by atoms with van der Waals surface area (Å²) in [6, 6.07) is 5.91. The third kappa shape index (κ3) is 4.89.